The van der Waals surface area contributed by atoms with E-state index in [0.29, 0.717) is 18.3 Å². The van der Waals surface area contributed by atoms with Crippen molar-refractivity contribution in [2.45, 2.75) is 32.9 Å². The molecule has 1 atom stereocenters. The Hall–Kier alpha value is -2.02. The Kier molecular flexibility index (Phi) is 6.04. The number of carbonyl (C=O) groups excluding carboxylic acids is 1. The van der Waals surface area contributed by atoms with Crippen LogP contribution in [0, 0.1) is 0 Å². The van der Waals surface area contributed by atoms with E-state index in [9.17, 15) is 4.79 Å². The smallest absolute Gasteiger partial charge is 0.284 e. The topological polar surface area (TPSA) is 87.1 Å². The molecule has 2 rings (SSSR count). The van der Waals surface area contributed by atoms with Crippen LogP contribution in [0.2, 0.25) is 0 Å². The van der Waals surface area contributed by atoms with Gasteiger partial charge in [-0.1, -0.05) is 13.8 Å². The summed E-state index contributed by atoms with van der Waals surface area (Å²) in [4.78, 5) is 20.1. The molecule has 0 radical (unpaired) electrons. The third-order valence-electron chi connectivity index (χ3n) is 4.33. The Morgan fingerprint density at radius 2 is 2.22 bits per heavy atom. The van der Waals surface area contributed by atoms with Crippen molar-refractivity contribution in [3.05, 3.63) is 23.7 Å². The normalized spacial score (nSPS) is 18.7. The molecule has 0 spiro atoms. The average Bonchev–Trinajstić information content (AvgIpc) is 3.19. The lowest BCUT2D eigenvalue weighted by atomic mass is 10.2. The summed E-state index contributed by atoms with van der Waals surface area (Å²) in [6.07, 6.45) is 1.15. The standard InChI is InChI=1S/C16H27N5O2/c1-4-20(5-2)12-8-9-21(11-12)16(18-3)19-10-13-6-7-14(23-13)15(17)22/h6-7,12H,4-5,8-11H2,1-3H3,(H2,17,22)(H,18,19). The highest BCUT2D eigenvalue weighted by atomic mass is 16.3. The molecule has 0 aromatic carbocycles. The van der Waals surface area contributed by atoms with Crippen molar-refractivity contribution in [1.82, 2.24) is 15.1 Å². The first kappa shape index (κ1) is 17.3. The third-order valence-corrected chi connectivity index (χ3v) is 4.33. The van der Waals surface area contributed by atoms with Crippen LogP contribution < -0.4 is 11.1 Å². The monoisotopic (exact) mass is 321 g/mol. The number of primary amides is 1. The Morgan fingerprint density at radius 1 is 1.48 bits per heavy atom. The van der Waals surface area contributed by atoms with Crippen molar-refractivity contribution in [3.8, 4) is 0 Å². The molecule has 128 valence electrons. The fourth-order valence-corrected chi connectivity index (χ4v) is 3.08. The maximum absolute atomic E-state index is 11.0. The first-order valence-electron chi connectivity index (χ1n) is 8.17. The van der Waals surface area contributed by atoms with Gasteiger partial charge in [-0.3, -0.25) is 14.7 Å². The number of rotatable bonds is 6. The van der Waals surface area contributed by atoms with Gasteiger partial charge in [-0.05, 0) is 31.6 Å². The minimum absolute atomic E-state index is 0.180. The fraction of sp³-hybridized carbons (Fsp3) is 0.625. The lowest BCUT2D eigenvalue weighted by Gasteiger charge is -2.27. The predicted molar refractivity (Wildman–Crippen MR) is 90.3 cm³/mol. The number of likely N-dealkylation sites (N-methyl/N-ethyl adjacent to an activating group) is 1. The van der Waals surface area contributed by atoms with Crippen LogP contribution in [0.4, 0.5) is 0 Å². The summed E-state index contributed by atoms with van der Waals surface area (Å²) in [5.74, 6) is 1.15. The summed E-state index contributed by atoms with van der Waals surface area (Å²) >= 11 is 0. The largest absolute Gasteiger partial charge is 0.454 e. The van der Waals surface area contributed by atoms with Gasteiger partial charge in [0.05, 0.1) is 6.54 Å². The summed E-state index contributed by atoms with van der Waals surface area (Å²) in [5.41, 5.74) is 5.19. The third kappa shape index (κ3) is 4.25. The van der Waals surface area contributed by atoms with Crippen LogP contribution in [0.15, 0.2) is 21.5 Å². The number of nitrogens with zero attached hydrogens (tertiary/aromatic N) is 3. The number of hydrogen-bond donors (Lipinski definition) is 2. The van der Waals surface area contributed by atoms with Crippen LogP contribution in [0.5, 0.6) is 0 Å². The second-order valence-corrected chi connectivity index (χ2v) is 5.64. The molecule has 1 saturated heterocycles. The molecule has 1 aromatic heterocycles. The van der Waals surface area contributed by atoms with E-state index in [1.54, 1.807) is 19.2 Å². The Balaban J connectivity index is 1.89. The van der Waals surface area contributed by atoms with Gasteiger partial charge in [0.25, 0.3) is 5.91 Å². The van der Waals surface area contributed by atoms with E-state index in [1.807, 2.05) is 0 Å². The number of hydrogen-bond acceptors (Lipinski definition) is 4. The minimum Gasteiger partial charge on any atom is -0.454 e. The molecule has 1 aliphatic rings. The summed E-state index contributed by atoms with van der Waals surface area (Å²) in [6.45, 7) is 9.00. The van der Waals surface area contributed by atoms with Gasteiger partial charge in [-0.25, -0.2) is 0 Å². The molecule has 1 amide bonds. The molecule has 7 nitrogen and oxygen atoms in total. The van der Waals surface area contributed by atoms with Gasteiger partial charge >= 0.3 is 0 Å². The maximum atomic E-state index is 11.0. The van der Waals surface area contributed by atoms with Crippen molar-refractivity contribution in [1.29, 1.82) is 0 Å². The van der Waals surface area contributed by atoms with Crippen LogP contribution in [0.1, 0.15) is 36.6 Å². The number of aliphatic imine (C=N–C) groups is 1. The van der Waals surface area contributed by atoms with Gasteiger partial charge < -0.3 is 20.4 Å². The number of likely N-dealkylation sites (tertiary alicyclic amines) is 1. The first-order valence-corrected chi connectivity index (χ1v) is 8.17. The average molecular weight is 321 g/mol. The Labute approximate surface area is 137 Å². The van der Waals surface area contributed by atoms with E-state index in [2.05, 4.69) is 34.0 Å². The predicted octanol–water partition coefficient (Wildman–Crippen LogP) is 0.870. The molecular formula is C16H27N5O2. The second kappa shape index (κ2) is 8.01. The lowest BCUT2D eigenvalue weighted by molar-refractivity contribution is 0.0972. The second-order valence-electron chi connectivity index (χ2n) is 5.64. The molecule has 2 heterocycles. The fourth-order valence-electron chi connectivity index (χ4n) is 3.08. The quantitative estimate of drug-likeness (QED) is 0.600. The molecular weight excluding hydrogens is 294 g/mol. The van der Waals surface area contributed by atoms with Crippen molar-refractivity contribution < 1.29 is 9.21 Å². The summed E-state index contributed by atoms with van der Waals surface area (Å²) < 4.78 is 5.38. The van der Waals surface area contributed by atoms with Crippen LogP contribution in [0.3, 0.4) is 0 Å². The van der Waals surface area contributed by atoms with Gasteiger partial charge in [-0.15, -0.1) is 0 Å². The van der Waals surface area contributed by atoms with Crippen LogP contribution in [-0.2, 0) is 6.54 Å². The zero-order valence-corrected chi connectivity index (χ0v) is 14.2. The summed E-state index contributed by atoms with van der Waals surface area (Å²) in [5, 5.41) is 3.29. The molecule has 0 aliphatic carbocycles. The lowest BCUT2D eigenvalue weighted by Crippen LogP contribution is -2.43. The van der Waals surface area contributed by atoms with E-state index in [-0.39, 0.29) is 5.76 Å². The number of guanidine groups is 1. The highest BCUT2D eigenvalue weighted by molar-refractivity contribution is 5.89. The minimum atomic E-state index is -0.553. The van der Waals surface area contributed by atoms with Crippen molar-refractivity contribution >= 4 is 11.9 Å². The number of carbonyl (C=O) groups is 1. The van der Waals surface area contributed by atoms with Crippen LogP contribution in [-0.4, -0.2) is 60.9 Å². The first-order chi connectivity index (χ1) is 11.1. The van der Waals surface area contributed by atoms with Crippen LogP contribution >= 0.6 is 0 Å². The van der Waals surface area contributed by atoms with Gasteiger partial charge in [0, 0.05) is 26.2 Å². The molecule has 0 saturated carbocycles. The Morgan fingerprint density at radius 3 is 2.78 bits per heavy atom. The number of amides is 1. The highest BCUT2D eigenvalue weighted by Crippen LogP contribution is 2.16. The summed E-state index contributed by atoms with van der Waals surface area (Å²) in [7, 11) is 1.78. The van der Waals surface area contributed by atoms with Gasteiger partial charge in [0.1, 0.15) is 5.76 Å². The van der Waals surface area contributed by atoms with Crippen molar-refractivity contribution in [2.75, 3.05) is 33.2 Å². The zero-order chi connectivity index (χ0) is 16.8. The van der Waals surface area contributed by atoms with Gasteiger partial charge in [0.2, 0.25) is 0 Å². The molecule has 0 bridgehead atoms. The SMILES string of the molecule is CCN(CC)C1CCN(C(=NC)NCc2ccc(C(N)=O)o2)C1. The van der Waals surface area contributed by atoms with Crippen molar-refractivity contribution in [2.24, 2.45) is 10.7 Å². The van der Waals surface area contributed by atoms with E-state index < -0.39 is 5.91 Å². The highest BCUT2D eigenvalue weighted by Gasteiger charge is 2.28. The van der Waals surface area contributed by atoms with E-state index in [1.165, 1.54) is 0 Å². The van der Waals surface area contributed by atoms with Crippen LogP contribution in [0.25, 0.3) is 0 Å². The molecule has 1 aliphatic heterocycles. The zero-order valence-electron chi connectivity index (χ0n) is 14.2. The molecule has 3 N–H and O–H groups in total. The molecule has 1 unspecified atom stereocenters. The van der Waals surface area contributed by atoms with Crippen molar-refractivity contribution in [3.63, 3.8) is 0 Å². The molecule has 1 fully saturated rings. The number of furan rings is 1. The number of nitrogens with two attached hydrogens (primary N) is 1. The number of nitrogens with one attached hydrogen (secondary N) is 1. The van der Waals surface area contributed by atoms with Gasteiger partial charge in [0.15, 0.2) is 11.7 Å². The summed E-state index contributed by atoms with van der Waals surface area (Å²) in [6, 6.07) is 3.92. The molecule has 7 heteroatoms. The molecule has 23 heavy (non-hydrogen) atoms. The van der Waals surface area contributed by atoms with E-state index in [0.717, 1.165) is 38.6 Å². The molecule has 1 aromatic rings. The van der Waals surface area contributed by atoms with E-state index >= 15 is 0 Å². The Bertz CT molecular complexity index is 550. The van der Waals surface area contributed by atoms with Gasteiger partial charge in [-0.2, -0.15) is 0 Å². The van der Waals surface area contributed by atoms with E-state index in [4.69, 9.17) is 10.2 Å². The maximum Gasteiger partial charge on any atom is 0.284 e.